The van der Waals surface area contributed by atoms with Gasteiger partial charge in [0, 0.05) is 9.65 Å². The van der Waals surface area contributed by atoms with Gasteiger partial charge in [-0.05, 0) is 31.9 Å². The van der Waals surface area contributed by atoms with Gasteiger partial charge in [0.25, 0.3) is 5.91 Å². The number of nitrogens with zero attached hydrogens (tertiary/aromatic N) is 1. The number of para-hydroxylation sites is 2. The molecule has 3 rings (SSSR count). The summed E-state index contributed by atoms with van der Waals surface area (Å²) in [6, 6.07) is 6.90. The molecule has 2 fully saturated rings. The first kappa shape index (κ1) is 22.7. The van der Waals surface area contributed by atoms with Crippen molar-refractivity contribution in [2.75, 3.05) is 25.1 Å². The first-order chi connectivity index (χ1) is 14.3. The van der Waals surface area contributed by atoms with Crippen LogP contribution in [-0.2, 0) is 23.9 Å². The molecule has 0 radical (unpaired) electrons. The van der Waals surface area contributed by atoms with Gasteiger partial charge in [0.15, 0.2) is 6.61 Å². The molecule has 0 spiro atoms. The summed E-state index contributed by atoms with van der Waals surface area (Å²) in [5, 5.41) is 2.61. The van der Waals surface area contributed by atoms with Gasteiger partial charge in [-0.3, -0.25) is 24.1 Å². The van der Waals surface area contributed by atoms with Crippen LogP contribution in [0.1, 0.15) is 19.8 Å². The Labute approximate surface area is 190 Å². The van der Waals surface area contributed by atoms with Gasteiger partial charge in [-0.2, -0.15) is 0 Å². The molecule has 2 aliphatic rings. The number of rotatable bonds is 7. The third-order valence-electron chi connectivity index (χ3n) is 5.12. The van der Waals surface area contributed by atoms with Crippen LogP contribution >= 0.6 is 31.9 Å². The third kappa shape index (κ3) is 5.03. The highest BCUT2D eigenvalue weighted by Crippen LogP contribution is 2.43. The Kier molecular flexibility index (Phi) is 7.51. The summed E-state index contributed by atoms with van der Waals surface area (Å²) in [6.45, 7) is 1.24. The summed E-state index contributed by atoms with van der Waals surface area (Å²) in [5.74, 6) is -2.43. The summed E-state index contributed by atoms with van der Waals surface area (Å²) < 4.78 is 10.4. The predicted octanol–water partition coefficient (Wildman–Crippen LogP) is 2.49. The zero-order valence-corrected chi connectivity index (χ0v) is 19.5. The highest BCUT2D eigenvalue weighted by Gasteiger charge is 2.52. The van der Waals surface area contributed by atoms with Crippen LogP contribution in [-0.4, -0.2) is 58.0 Å². The van der Waals surface area contributed by atoms with Gasteiger partial charge in [-0.25, -0.2) is 0 Å². The Morgan fingerprint density at radius 3 is 2.30 bits per heavy atom. The quantitative estimate of drug-likeness (QED) is 0.321. The van der Waals surface area contributed by atoms with Gasteiger partial charge in [0.2, 0.25) is 11.8 Å². The van der Waals surface area contributed by atoms with Crippen molar-refractivity contribution in [2.24, 2.45) is 11.8 Å². The lowest BCUT2D eigenvalue weighted by molar-refractivity contribution is -0.154. The van der Waals surface area contributed by atoms with Crippen molar-refractivity contribution in [1.82, 2.24) is 4.90 Å². The first-order valence-electron chi connectivity index (χ1n) is 9.62. The number of carbonyl (C=O) groups excluding carboxylic acids is 4. The maximum atomic E-state index is 12.6. The van der Waals surface area contributed by atoms with Crippen molar-refractivity contribution in [2.45, 2.75) is 29.4 Å². The topological polar surface area (TPSA) is 102 Å². The fraction of sp³-hybridized carbons (Fsp3) is 0.500. The second kappa shape index (κ2) is 9.91. The second-order valence-electron chi connectivity index (χ2n) is 7.12. The van der Waals surface area contributed by atoms with E-state index in [1.165, 1.54) is 0 Å². The van der Waals surface area contributed by atoms with E-state index in [1.807, 2.05) is 6.92 Å². The molecule has 4 atom stereocenters. The molecule has 1 aromatic carbocycles. The Hall–Kier alpha value is -1.94. The average Bonchev–Trinajstić information content (AvgIpc) is 2.93. The Balaban J connectivity index is 1.52. The van der Waals surface area contributed by atoms with Gasteiger partial charge < -0.3 is 14.8 Å². The zero-order chi connectivity index (χ0) is 21.8. The lowest BCUT2D eigenvalue weighted by Gasteiger charge is -2.29. The summed E-state index contributed by atoms with van der Waals surface area (Å²) in [4.78, 5) is 50.6. The number of alkyl halides is 2. The largest absolute Gasteiger partial charge is 0.492 e. The molecule has 3 amide bonds. The molecule has 0 unspecified atom stereocenters. The Bertz CT molecular complexity index is 820. The minimum Gasteiger partial charge on any atom is -0.492 e. The highest BCUT2D eigenvalue weighted by molar-refractivity contribution is 9.12. The summed E-state index contributed by atoms with van der Waals surface area (Å²) in [5.41, 5.74) is 0.461. The zero-order valence-electron chi connectivity index (χ0n) is 16.3. The van der Waals surface area contributed by atoms with E-state index in [0.717, 1.165) is 4.90 Å². The van der Waals surface area contributed by atoms with Crippen LogP contribution < -0.4 is 10.1 Å². The average molecular weight is 546 g/mol. The molecule has 1 aliphatic carbocycles. The molecule has 8 nitrogen and oxygen atoms in total. The number of hydrogen-bond donors (Lipinski definition) is 1. The number of halogens is 2. The summed E-state index contributed by atoms with van der Waals surface area (Å²) in [7, 11) is 0. The van der Waals surface area contributed by atoms with Gasteiger partial charge >= 0.3 is 5.97 Å². The highest BCUT2D eigenvalue weighted by atomic mass is 79.9. The number of benzene rings is 1. The van der Waals surface area contributed by atoms with Crippen LogP contribution in [0.3, 0.4) is 0 Å². The van der Waals surface area contributed by atoms with Crippen molar-refractivity contribution in [3.8, 4) is 5.75 Å². The monoisotopic (exact) mass is 544 g/mol. The molecular formula is C20H22Br2N2O6. The molecular weight excluding hydrogens is 524 g/mol. The van der Waals surface area contributed by atoms with Crippen LogP contribution in [0, 0.1) is 11.8 Å². The molecule has 1 aromatic rings. The maximum absolute atomic E-state index is 12.6. The van der Waals surface area contributed by atoms with E-state index in [4.69, 9.17) is 9.47 Å². The van der Waals surface area contributed by atoms with Crippen LogP contribution in [0.4, 0.5) is 5.69 Å². The molecule has 1 saturated carbocycles. The number of imide groups is 1. The fourth-order valence-electron chi connectivity index (χ4n) is 3.68. The maximum Gasteiger partial charge on any atom is 0.326 e. The number of esters is 1. The number of fused-ring (bicyclic) bond motifs is 1. The summed E-state index contributed by atoms with van der Waals surface area (Å²) in [6.07, 6.45) is 1.05. The third-order valence-corrected chi connectivity index (χ3v) is 7.85. The first-order valence-corrected chi connectivity index (χ1v) is 11.5. The van der Waals surface area contributed by atoms with Gasteiger partial charge in [0.05, 0.1) is 24.1 Å². The van der Waals surface area contributed by atoms with Gasteiger partial charge in [-0.1, -0.05) is 44.0 Å². The molecule has 0 bridgehead atoms. The van der Waals surface area contributed by atoms with Crippen molar-refractivity contribution < 1.29 is 28.7 Å². The molecule has 162 valence electrons. The number of anilines is 1. The van der Waals surface area contributed by atoms with Crippen molar-refractivity contribution in [3.05, 3.63) is 24.3 Å². The second-order valence-corrected chi connectivity index (χ2v) is 9.47. The SMILES string of the molecule is CCOc1ccccc1NC(=O)COC(=O)CN1C(=O)[C@H]2C[C@@H](Br)[C@@H](Br)C[C@H]2C1=O. The number of hydrogen-bond acceptors (Lipinski definition) is 6. The number of nitrogens with one attached hydrogen (secondary N) is 1. The number of likely N-dealkylation sites (tertiary alicyclic amines) is 1. The Morgan fingerprint density at radius 2 is 1.70 bits per heavy atom. The van der Waals surface area contributed by atoms with Crippen molar-refractivity contribution in [3.63, 3.8) is 0 Å². The number of amides is 3. The normalized spacial score (nSPS) is 25.6. The van der Waals surface area contributed by atoms with Crippen LogP contribution in [0.5, 0.6) is 5.75 Å². The van der Waals surface area contributed by atoms with E-state index >= 15 is 0 Å². The molecule has 10 heteroatoms. The molecule has 1 saturated heterocycles. The smallest absolute Gasteiger partial charge is 0.326 e. The van der Waals surface area contributed by atoms with Crippen LogP contribution in [0.25, 0.3) is 0 Å². The molecule has 30 heavy (non-hydrogen) atoms. The van der Waals surface area contributed by atoms with E-state index in [2.05, 4.69) is 37.2 Å². The fourth-order valence-corrected chi connectivity index (χ4v) is 4.92. The molecule has 1 heterocycles. The van der Waals surface area contributed by atoms with E-state index < -0.39 is 36.9 Å². The molecule has 1 N–H and O–H groups in total. The van der Waals surface area contributed by atoms with Gasteiger partial charge in [0.1, 0.15) is 12.3 Å². The minimum atomic E-state index is -0.811. The van der Waals surface area contributed by atoms with E-state index in [-0.39, 0.29) is 21.5 Å². The molecule has 0 aromatic heterocycles. The van der Waals surface area contributed by atoms with E-state index in [1.54, 1.807) is 24.3 Å². The predicted molar refractivity (Wildman–Crippen MR) is 116 cm³/mol. The lowest BCUT2D eigenvalue weighted by atomic mass is 9.81. The summed E-state index contributed by atoms with van der Waals surface area (Å²) >= 11 is 7.03. The Morgan fingerprint density at radius 1 is 1.10 bits per heavy atom. The van der Waals surface area contributed by atoms with Crippen molar-refractivity contribution >= 4 is 61.2 Å². The number of ether oxygens (including phenoxy) is 2. The van der Waals surface area contributed by atoms with E-state index in [0.29, 0.717) is 30.9 Å². The van der Waals surface area contributed by atoms with E-state index in [9.17, 15) is 19.2 Å². The van der Waals surface area contributed by atoms with Crippen LogP contribution in [0.15, 0.2) is 24.3 Å². The minimum absolute atomic E-state index is 0.0886. The standard InChI is InChI=1S/C20H22Br2N2O6/c1-2-29-16-6-4-3-5-15(16)23-17(25)10-30-18(26)9-24-19(27)11-7-13(21)14(22)8-12(11)20(24)28/h3-6,11-14H,2,7-10H2,1H3,(H,23,25)/t11-,12+,13+,14-. The lowest BCUT2D eigenvalue weighted by Crippen LogP contribution is -2.37. The van der Waals surface area contributed by atoms with Gasteiger partial charge in [-0.15, -0.1) is 0 Å². The molecule has 1 aliphatic heterocycles. The van der Waals surface area contributed by atoms with Crippen LogP contribution in [0.2, 0.25) is 0 Å². The number of carbonyl (C=O) groups is 4. The van der Waals surface area contributed by atoms with Crippen molar-refractivity contribution in [1.29, 1.82) is 0 Å².